The number of hydrogen-bond acceptors (Lipinski definition) is 4. The van der Waals surface area contributed by atoms with Crippen LogP contribution < -0.4 is 4.90 Å². The van der Waals surface area contributed by atoms with Crippen LogP contribution >= 0.6 is 0 Å². The molecule has 2 aromatic carbocycles. The second-order valence-corrected chi connectivity index (χ2v) is 8.94. The van der Waals surface area contributed by atoms with E-state index in [2.05, 4.69) is 0 Å². The number of hydrogen-bond donors (Lipinski definition) is 0. The van der Waals surface area contributed by atoms with Crippen LogP contribution in [0.4, 0.5) is 5.69 Å². The van der Waals surface area contributed by atoms with Gasteiger partial charge in [-0.05, 0) is 57.0 Å². The molecule has 1 fully saturated rings. The highest BCUT2D eigenvalue weighted by Gasteiger charge is 2.48. The second kappa shape index (κ2) is 6.20. The van der Waals surface area contributed by atoms with Crippen molar-refractivity contribution in [1.29, 1.82) is 0 Å². The predicted molar refractivity (Wildman–Crippen MR) is 101 cm³/mol. The van der Waals surface area contributed by atoms with Crippen molar-refractivity contribution in [2.24, 2.45) is 0 Å². The highest BCUT2D eigenvalue weighted by Crippen LogP contribution is 2.39. The van der Waals surface area contributed by atoms with Crippen LogP contribution in [0.2, 0.25) is 0 Å². The van der Waals surface area contributed by atoms with Crippen LogP contribution in [-0.4, -0.2) is 36.6 Å². The Kier molecular flexibility index (Phi) is 4.07. The quantitative estimate of drug-likeness (QED) is 0.812. The van der Waals surface area contributed by atoms with E-state index < -0.39 is 15.9 Å². The smallest absolute Gasteiger partial charge is 0.269 e. The van der Waals surface area contributed by atoms with Crippen molar-refractivity contribution in [3.8, 4) is 0 Å². The Morgan fingerprint density at radius 2 is 1.78 bits per heavy atom. The van der Waals surface area contributed by atoms with Gasteiger partial charge in [0.2, 0.25) is 0 Å². The summed E-state index contributed by atoms with van der Waals surface area (Å²) in [7, 11) is -3.89. The van der Waals surface area contributed by atoms with Gasteiger partial charge in [-0.3, -0.25) is 9.59 Å². The van der Waals surface area contributed by atoms with Crippen LogP contribution in [0.25, 0.3) is 0 Å². The summed E-state index contributed by atoms with van der Waals surface area (Å²) in [6, 6.07) is 13.2. The Morgan fingerprint density at radius 3 is 2.37 bits per heavy atom. The normalized spacial score (nSPS) is 17.9. The molecular weight excluding hydrogens is 364 g/mol. The first-order valence-electron chi connectivity index (χ1n) is 8.94. The molecule has 2 amide bonds. The standard InChI is InChI=1S/C20H20N2O4S/c1-13(2)21(15-6-4-3-5-7-15)19(23)14-8-11-17-18(12-14)27(25,26)22(20(17)24)16-9-10-16/h3-8,11-13,16H,9-10H2,1-2H3. The van der Waals surface area contributed by atoms with E-state index in [1.807, 2.05) is 44.2 Å². The van der Waals surface area contributed by atoms with Crippen molar-refractivity contribution < 1.29 is 18.0 Å². The highest BCUT2D eigenvalue weighted by atomic mass is 32.2. The summed E-state index contributed by atoms with van der Waals surface area (Å²) in [5.41, 5.74) is 1.13. The van der Waals surface area contributed by atoms with E-state index in [0.717, 1.165) is 9.99 Å². The van der Waals surface area contributed by atoms with Gasteiger partial charge in [0, 0.05) is 23.3 Å². The molecule has 0 radical (unpaired) electrons. The molecule has 2 aromatic rings. The van der Waals surface area contributed by atoms with Gasteiger partial charge in [0.05, 0.1) is 5.56 Å². The summed E-state index contributed by atoms with van der Waals surface area (Å²) in [5.74, 6) is -0.790. The van der Waals surface area contributed by atoms with Gasteiger partial charge in [-0.1, -0.05) is 18.2 Å². The number of fused-ring (bicyclic) bond motifs is 1. The number of amides is 2. The van der Waals surface area contributed by atoms with E-state index in [1.54, 1.807) is 4.90 Å². The fourth-order valence-corrected chi connectivity index (χ4v) is 5.27. The summed E-state index contributed by atoms with van der Waals surface area (Å²) in [5, 5.41) is 0. The van der Waals surface area contributed by atoms with E-state index in [9.17, 15) is 18.0 Å². The van der Waals surface area contributed by atoms with Gasteiger partial charge in [-0.15, -0.1) is 0 Å². The lowest BCUT2D eigenvalue weighted by Gasteiger charge is -2.27. The fraction of sp³-hybridized carbons (Fsp3) is 0.300. The molecule has 1 aliphatic carbocycles. The first-order valence-corrected chi connectivity index (χ1v) is 10.4. The monoisotopic (exact) mass is 384 g/mol. The predicted octanol–water partition coefficient (Wildman–Crippen LogP) is 3.05. The Balaban J connectivity index is 1.75. The van der Waals surface area contributed by atoms with Crippen molar-refractivity contribution in [2.75, 3.05) is 4.90 Å². The Bertz CT molecular complexity index is 1030. The highest BCUT2D eigenvalue weighted by molar-refractivity contribution is 7.90. The van der Waals surface area contributed by atoms with E-state index in [0.29, 0.717) is 12.8 Å². The third-order valence-corrected chi connectivity index (χ3v) is 6.72. The summed E-state index contributed by atoms with van der Waals surface area (Å²) in [6.45, 7) is 3.79. The van der Waals surface area contributed by atoms with Gasteiger partial charge >= 0.3 is 0 Å². The maximum absolute atomic E-state index is 13.1. The molecule has 7 heteroatoms. The van der Waals surface area contributed by atoms with Gasteiger partial charge in [0.25, 0.3) is 21.8 Å². The van der Waals surface area contributed by atoms with Crippen molar-refractivity contribution >= 4 is 27.5 Å². The molecule has 0 spiro atoms. The molecule has 0 unspecified atom stereocenters. The lowest BCUT2D eigenvalue weighted by molar-refractivity contribution is 0.0864. The molecule has 27 heavy (non-hydrogen) atoms. The average molecular weight is 384 g/mol. The molecule has 6 nitrogen and oxygen atoms in total. The molecule has 0 bridgehead atoms. The van der Waals surface area contributed by atoms with Crippen LogP contribution in [0.3, 0.4) is 0 Å². The van der Waals surface area contributed by atoms with Crippen molar-refractivity contribution in [3.05, 3.63) is 59.7 Å². The van der Waals surface area contributed by atoms with Crippen LogP contribution in [0.5, 0.6) is 0 Å². The van der Waals surface area contributed by atoms with Gasteiger partial charge in [-0.2, -0.15) is 0 Å². The summed E-state index contributed by atoms with van der Waals surface area (Å²) in [6.07, 6.45) is 1.39. The maximum atomic E-state index is 13.1. The molecule has 1 saturated carbocycles. The lowest BCUT2D eigenvalue weighted by atomic mass is 10.1. The Hall–Kier alpha value is -2.67. The van der Waals surface area contributed by atoms with Crippen molar-refractivity contribution in [3.63, 3.8) is 0 Å². The van der Waals surface area contributed by atoms with E-state index in [4.69, 9.17) is 0 Å². The number of anilines is 1. The van der Waals surface area contributed by atoms with Gasteiger partial charge < -0.3 is 4.90 Å². The fourth-order valence-electron chi connectivity index (χ4n) is 3.43. The molecule has 0 aromatic heterocycles. The number of benzene rings is 2. The second-order valence-electron chi connectivity index (χ2n) is 7.15. The van der Waals surface area contributed by atoms with Gasteiger partial charge in [0.15, 0.2) is 0 Å². The minimum absolute atomic E-state index is 0.0676. The lowest BCUT2D eigenvalue weighted by Crippen LogP contribution is -2.37. The molecule has 2 aliphatic rings. The average Bonchev–Trinajstić information content (AvgIpc) is 3.43. The topological polar surface area (TPSA) is 74.8 Å². The number of para-hydroxylation sites is 1. The van der Waals surface area contributed by atoms with Gasteiger partial charge in [-0.25, -0.2) is 12.7 Å². The number of nitrogens with zero attached hydrogens (tertiary/aromatic N) is 2. The minimum atomic E-state index is -3.89. The zero-order valence-corrected chi connectivity index (χ0v) is 15.9. The molecule has 1 heterocycles. The van der Waals surface area contributed by atoms with Crippen molar-refractivity contribution in [2.45, 2.75) is 43.7 Å². The number of sulfonamides is 1. The van der Waals surface area contributed by atoms with Crippen LogP contribution in [-0.2, 0) is 10.0 Å². The van der Waals surface area contributed by atoms with E-state index >= 15 is 0 Å². The third kappa shape index (κ3) is 2.82. The number of carbonyl (C=O) groups is 2. The Labute approximate surface area is 158 Å². The largest absolute Gasteiger partial charge is 0.306 e. The molecular formula is C20H20N2O4S. The van der Waals surface area contributed by atoms with E-state index in [1.165, 1.54) is 18.2 Å². The van der Waals surface area contributed by atoms with Crippen LogP contribution in [0.15, 0.2) is 53.4 Å². The summed E-state index contributed by atoms with van der Waals surface area (Å²) < 4.78 is 26.6. The number of rotatable bonds is 4. The summed E-state index contributed by atoms with van der Waals surface area (Å²) >= 11 is 0. The molecule has 0 N–H and O–H groups in total. The zero-order chi connectivity index (χ0) is 19.3. The third-order valence-electron chi connectivity index (χ3n) is 4.84. The van der Waals surface area contributed by atoms with Gasteiger partial charge in [0.1, 0.15) is 4.90 Å². The van der Waals surface area contributed by atoms with Crippen LogP contribution in [0, 0.1) is 0 Å². The Morgan fingerprint density at radius 1 is 1.11 bits per heavy atom. The zero-order valence-electron chi connectivity index (χ0n) is 15.1. The molecule has 1 aliphatic heterocycles. The molecule has 0 atom stereocenters. The molecule has 4 rings (SSSR count). The molecule has 140 valence electrons. The van der Waals surface area contributed by atoms with Crippen molar-refractivity contribution in [1.82, 2.24) is 4.31 Å². The summed E-state index contributed by atoms with van der Waals surface area (Å²) in [4.78, 5) is 27.2. The maximum Gasteiger partial charge on any atom is 0.269 e. The first kappa shape index (κ1) is 17.7. The minimum Gasteiger partial charge on any atom is -0.306 e. The first-order chi connectivity index (χ1) is 12.8. The molecule has 0 saturated heterocycles. The SMILES string of the molecule is CC(C)N(C(=O)c1ccc2c(c1)S(=O)(=O)N(C1CC1)C2=O)c1ccccc1. The van der Waals surface area contributed by atoms with Crippen LogP contribution in [0.1, 0.15) is 47.4 Å². The van der Waals surface area contributed by atoms with E-state index in [-0.39, 0.29) is 34.0 Å². The number of carbonyl (C=O) groups excluding carboxylic acids is 2.